The normalized spacial score (nSPS) is 19.7. The Labute approximate surface area is 268 Å². The highest BCUT2D eigenvalue weighted by molar-refractivity contribution is 8.18. The van der Waals surface area contributed by atoms with E-state index in [1.807, 2.05) is 42.6 Å². The number of amides is 1. The molecule has 3 aliphatic heterocycles. The third kappa shape index (κ3) is 6.78. The van der Waals surface area contributed by atoms with Crippen LogP contribution in [0.4, 0.5) is 0 Å². The van der Waals surface area contributed by atoms with E-state index < -0.39 is 10.0 Å². The molecule has 6 rings (SSSR count). The van der Waals surface area contributed by atoms with E-state index in [2.05, 4.69) is 16.8 Å². The summed E-state index contributed by atoms with van der Waals surface area (Å²) < 4.78 is 35.7. The number of hydrogen-bond acceptors (Lipinski definition) is 8. The minimum Gasteiger partial charge on any atom is -0.466 e. The summed E-state index contributed by atoms with van der Waals surface area (Å²) in [6, 6.07) is 16.4. The van der Waals surface area contributed by atoms with Gasteiger partial charge in [-0.3, -0.25) is 9.59 Å². The molecule has 4 heterocycles. The van der Waals surface area contributed by atoms with E-state index in [4.69, 9.17) is 9.84 Å². The number of thioether (sulfide) groups is 1. The van der Waals surface area contributed by atoms with Crippen LogP contribution in [0, 0.1) is 11.8 Å². The van der Waals surface area contributed by atoms with Crippen LogP contribution < -0.4 is 0 Å². The Bertz CT molecular complexity index is 1740. The van der Waals surface area contributed by atoms with Crippen LogP contribution in [0.15, 0.2) is 75.6 Å². The molecule has 0 aliphatic carbocycles. The highest BCUT2D eigenvalue weighted by Gasteiger charge is 2.33. The van der Waals surface area contributed by atoms with Crippen molar-refractivity contribution in [3.63, 3.8) is 0 Å². The Morgan fingerprint density at radius 1 is 1.02 bits per heavy atom. The van der Waals surface area contributed by atoms with Crippen molar-refractivity contribution in [3.05, 3.63) is 71.3 Å². The summed E-state index contributed by atoms with van der Waals surface area (Å²) in [4.78, 5) is 32.4. The summed E-state index contributed by atoms with van der Waals surface area (Å²) in [5.41, 5.74) is 2.68. The van der Waals surface area contributed by atoms with Crippen LogP contribution in [0.5, 0.6) is 0 Å². The summed E-state index contributed by atoms with van der Waals surface area (Å²) in [5.74, 6) is -0.176. The van der Waals surface area contributed by atoms with E-state index in [0.29, 0.717) is 47.1 Å². The number of carbonyl (C=O) groups excluding carboxylic acids is 2. The molecule has 45 heavy (non-hydrogen) atoms. The fourth-order valence-electron chi connectivity index (χ4n) is 5.85. The predicted octanol–water partition coefficient (Wildman–Crippen LogP) is 5.21. The maximum absolute atomic E-state index is 13.7. The Morgan fingerprint density at radius 2 is 1.76 bits per heavy atom. The number of sulfonamides is 1. The van der Waals surface area contributed by atoms with Crippen molar-refractivity contribution in [1.82, 2.24) is 19.0 Å². The Balaban J connectivity index is 1.29. The average molecular weight is 648 g/mol. The molecule has 0 radical (unpaired) electrons. The Morgan fingerprint density at radius 3 is 2.47 bits per heavy atom. The van der Waals surface area contributed by atoms with Gasteiger partial charge in [0.1, 0.15) is 5.69 Å². The van der Waals surface area contributed by atoms with Crippen LogP contribution in [-0.4, -0.2) is 77.2 Å². The van der Waals surface area contributed by atoms with Crippen LogP contribution >= 0.6 is 11.8 Å². The molecule has 10 nitrogen and oxygen atoms in total. The van der Waals surface area contributed by atoms with Gasteiger partial charge in [-0.15, -0.1) is 0 Å². The number of amidine groups is 1. The fraction of sp³-hybridized carbons (Fsp3) is 0.394. The number of likely N-dealkylation sites (tertiary alicyclic amines) is 1. The van der Waals surface area contributed by atoms with E-state index in [0.717, 1.165) is 36.8 Å². The number of hydrogen-bond donors (Lipinski definition) is 0. The van der Waals surface area contributed by atoms with Gasteiger partial charge in [0.05, 0.1) is 28.0 Å². The van der Waals surface area contributed by atoms with Crippen molar-refractivity contribution < 1.29 is 22.7 Å². The van der Waals surface area contributed by atoms with E-state index >= 15 is 0 Å². The highest BCUT2D eigenvalue weighted by Crippen LogP contribution is 2.35. The second-order valence-electron chi connectivity index (χ2n) is 11.7. The number of piperidine rings is 2. The molecule has 0 atom stereocenters. The number of ether oxygens (including phenoxy) is 1. The summed E-state index contributed by atoms with van der Waals surface area (Å²) in [5, 5.41) is 5.59. The molecule has 0 unspecified atom stereocenters. The van der Waals surface area contributed by atoms with Gasteiger partial charge in [-0.2, -0.15) is 14.4 Å². The maximum atomic E-state index is 13.7. The first-order chi connectivity index (χ1) is 21.7. The topological polar surface area (TPSA) is 114 Å². The van der Waals surface area contributed by atoms with Crippen molar-refractivity contribution in [3.8, 4) is 16.9 Å². The van der Waals surface area contributed by atoms with Crippen molar-refractivity contribution in [1.29, 1.82) is 0 Å². The van der Waals surface area contributed by atoms with Crippen molar-refractivity contribution >= 4 is 44.9 Å². The Kier molecular flexibility index (Phi) is 9.25. The van der Waals surface area contributed by atoms with Gasteiger partial charge >= 0.3 is 5.97 Å². The van der Waals surface area contributed by atoms with E-state index in [-0.39, 0.29) is 35.8 Å². The zero-order chi connectivity index (χ0) is 31.6. The second-order valence-corrected chi connectivity index (χ2v) is 14.6. The smallest absolute Gasteiger partial charge is 0.309 e. The lowest BCUT2D eigenvalue weighted by atomic mass is 9.98. The number of aromatic nitrogens is 2. The molecule has 0 saturated carbocycles. The molecule has 2 fully saturated rings. The number of esters is 1. The monoisotopic (exact) mass is 647 g/mol. The van der Waals surface area contributed by atoms with Gasteiger partial charge in [-0.1, -0.05) is 37.3 Å². The average Bonchev–Trinajstić information content (AvgIpc) is 3.65. The molecular formula is C33H37N5O5S2. The van der Waals surface area contributed by atoms with Gasteiger partial charge in [-0.25, -0.2) is 13.1 Å². The van der Waals surface area contributed by atoms with Crippen LogP contribution in [0.2, 0.25) is 0 Å². The van der Waals surface area contributed by atoms with Crippen molar-refractivity contribution in [2.45, 2.75) is 44.4 Å². The first-order valence-corrected chi connectivity index (χ1v) is 17.7. The summed E-state index contributed by atoms with van der Waals surface area (Å²) in [6.07, 6.45) is 6.64. The molecule has 1 aromatic heterocycles. The van der Waals surface area contributed by atoms with E-state index in [9.17, 15) is 18.0 Å². The van der Waals surface area contributed by atoms with Crippen molar-refractivity contribution in [2.24, 2.45) is 16.8 Å². The molecule has 0 N–H and O–H groups in total. The van der Waals surface area contributed by atoms with Gasteiger partial charge in [-0.05, 0) is 80.6 Å². The SMILES string of the molecule is CCOC(=O)C1CCN(S(=O)(=O)c2cccc(-c3nn(-c4ccccc4)cc3C=C3SC(N4CCC(C)CC4)=NC3=O)c2)CC1. The van der Waals surface area contributed by atoms with E-state index in [1.54, 1.807) is 35.9 Å². The molecule has 0 spiro atoms. The minimum atomic E-state index is -3.82. The molecule has 236 valence electrons. The summed E-state index contributed by atoms with van der Waals surface area (Å²) >= 11 is 1.38. The van der Waals surface area contributed by atoms with Crippen LogP contribution in [0.1, 0.15) is 45.1 Å². The maximum Gasteiger partial charge on any atom is 0.309 e. The molecule has 2 aromatic carbocycles. The molecular weight excluding hydrogens is 611 g/mol. The molecule has 3 aliphatic rings. The van der Waals surface area contributed by atoms with Crippen LogP contribution in [0.25, 0.3) is 23.0 Å². The van der Waals surface area contributed by atoms with Gasteiger partial charge < -0.3 is 9.64 Å². The first kappa shape index (κ1) is 31.3. The lowest BCUT2D eigenvalue weighted by molar-refractivity contribution is -0.149. The van der Waals surface area contributed by atoms with Gasteiger partial charge in [0.2, 0.25) is 10.0 Å². The lowest BCUT2D eigenvalue weighted by Crippen LogP contribution is -2.40. The highest BCUT2D eigenvalue weighted by atomic mass is 32.2. The minimum absolute atomic E-state index is 0.152. The number of carbonyl (C=O) groups is 2. The molecule has 2 saturated heterocycles. The predicted molar refractivity (Wildman–Crippen MR) is 175 cm³/mol. The van der Waals surface area contributed by atoms with Crippen molar-refractivity contribution in [2.75, 3.05) is 32.8 Å². The van der Waals surface area contributed by atoms with Gasteiger partial charge in [0.15, 0.2) is 5.17 Å². The Hall–Kier alpha value is -3.74. The molecule has 12 heteroatoms. The molecule has 3 aromatic rings. The van der Waals surface area contributed by atoms with Crippen LogP contribution in [0.3, 0.4) is 0 Å². The summed E-state index contributed by atoms with van der Waals surface area (Å²) in [7, 11) is -3.82. The van der Waals surface area contributed by atoms with E-state index in [1.165, 1.54) is 16.1 Å². The largest absolute Gasteiger partial charge is 0.466 e. The van der Waals surface area contributed by atoms with Gasteiger partial charge in [0, 0.05) is 43.5 Å². The third-order valence-corrected chi connectivity index (χ3v) is 11.5. The number of benzene rings is 2. The summed E-state index contributed by atoms with van der Waals surface area (Å²) in [6.45, 7) is 6.57. The molecule has 0 bridgehead atoms. The standard InChI is InChI=1S/C33H37N5O5S2/c1-3-43-32(40)24-14-18-37(19-15-24)45(41,42)28-11-7-8-25(20-28)30-26(22-38(35-30)27-9-5-4-6-10-27)21-29-31(39)34-33(44-29)36-16-12-23(2)13-17-36/h4-11,20-24H,3,12-19H2,1-2H3. The number of rotatable bonds is 7. The number of nitrogens with zero attached hydrogens (tertiary/aromatic N) is 5. The second kappa shape index (κ2) is 13.3. The third-order valence-electron chi connectivity index (χ3n) is 8.53. The zero-order valence-electron chi connectivity index (χ0n) is 25.5. The fourth-order valence-corrected chi connectivity index (χ4v) is 8.32. The number of aliphatic imine (C=N–C) groups is 1. The van der Waals surface area contributed by atoms with Gasteiger partial charge in [0.25, 0.3) is 5.91 Å². The zero-order valence-corrected chi connectivity index (χ0v) is 27.1. The number of para-hydroxylation sites is 1. The van der Waals surface area contributed by atoms with Crippen LogP contribution in [-0.2, 0) is 24.3 Å². The lowest BCUT2D eigenvalue weighted by Gasteiger charge is -2.30. The first-order valence-electron chi connectivity index (χ1n) is 15.4. The quantitative estimate of drug-likeness (QED) is 0.254. The molecule has 1 amide bonds.